The molecule has 0 bridgehead atoms. The second-order valence-corrected chi connectivity index (χ2v) is 5.96. The quantitative estimate of drug-likeness (QED) is 0.695. The summed E-state index contributed by atoms with van der Waals surface area (Å²) < 4.78 is 0.868. The highest BCUT2D eigenvalue weighted by atomic mass is 79.9. The predicted octanol–water partition coefficient (Wildman–Crippen LogP) is 4.11. The fourth-order valence-electron chi connectivity index (χ4n) is 2.10. The molecule has 122 valence electrons. The van der Waals surface area contributed by atoms with Gasteiger partial charge in [0.05, 0.1) is 11.6 Å². The monoisotopic (exact) mass is 393 g/mol. The smallest absolute Gasteiger partial charge is 0.274 e. The molecule has 1 amide bonds. The molecule has 0 fully saturated rings. The molecule has 0 atom stereocenters. The van der Waals surface area contributed by atoms with Crippen LogP contribution in [0.4, 0.5) is 17.3 Å². The molecular weight excluding hydrogens is 382 g/mol. The molecule has 3 aromatic rings. The molecule has 0 unspecified atom stereocenters. The molecule has 0 spiro atoms. The van der Waals surface area contributed by atoms with E-state index >= 15 is 0 Å². The average Bonchev–Trinajstić information content (AvgIpc) is 2.62. The summed E-state index contributed by atoms with van der Waals surface area (Å²) >= 11 is 3.36. The molecule has 0 saturated heterocycles. The molecule has 6 nitrogen and oxygen atoms in total. The third-order valence-corrected chi connectivity index (χ3v) is 3.71. The van der Waals surface area contributed by atoms with Crippen molar-refractivity contribution in [3.63, 3.8) is 0 Å². The Morgan fingerprint density at radius 2 is 1.88 bits per heavy atom. The molecular formula is C18H12BrN5O. The minimum atomic E-state index is -0.339. The van der Waals surface area contributed by atoms with Gasteiger partial charge in [-0.2, -0.15) is 5.26 Å². The third kappa shape index (κ3) is 4.40. The molecule has 2 aromatic carbocycles. The Bertz CT molecular complexity index is 967. The maximum absolute atomic E-state index is 12.3. The number of carbonyl (C=O) groups is 1. The molecule has 0 radical (unpaired) electrons. The van der Waals surface area contributed by atoms with Crippen LogP contribution in [-0.4, -0.2) is 15.9 Å². The van der Waals surface area contributed by atoms with Crippen LogP contribution in [0, 0.1) is 11.3 Å². The molecule has 3 rings (SSSR count). The Morgan fingerprint density at radius 3 is 2.68 bits per heavy atom. The van der Waals surface area contributed by atoms with Gasteiger partial charge >= 0.3 is 0 Å². The van der Waals surface area contributed by atoms with Crippen molar-refractivity contribution in [3.05, 3.63) is 76.5 Å². The molecule has 1 heterocycles. The highest BCUT2D eigenvalue weighted by Crippen LogP contribution is 2.17. The maximum Gasteiger partial charge on any atom is 0.274 e. The zero-order valence-electron chi connectivity index (χ0n) is 12.9. The van der Waals surface area contributed by atoms with E-state index in [0.29, 0.717) is 16.9 Å². The van der Waals surface area contributed by atoms with Gasteiger partial charge in [-0.3, -0.25) is 4.79 Å². The Labute approximate surface area is 152 Å². The number of anilines is 3. The summed E-state index contributed by atoms with van der Waals surface area (Å²) in [4.78, 5) is 20.7. The lowest BCUT2D eigenvalue weighted by Crippen LogP contribution is -2.14. The first-order valence-corrected chi connectivity index (χ1v) is 8.10. The molecule has 0 aliphatic rings. The van der Waals surface area contributed by atoms with Crippen molar-refractivity contribution in [1.29, 1.82) is 5.26 Å². The molecule has 0 aliphatic carbocycles. The van der Waals surface area contributed by atoms with E-state index in [2.05, 4.69) is 42.6 Å². The lowest BCUT2D eigenvalue weighted by atomic mass is 10.2. The highest BCUT2D eigenvalue weighted by Gasteiger charge is 2.10. The lowest BCUT2D eigenvalue weighted by Gasteiger charge is -2.08. The Hall–Kier alpha value is -3.24. The average molecular weight is 394 g/mol. The van der Waals surface area contributed by atoms with Gasteiger partial charge in [-0.25, -0.2) is 9.97 Å². The van der Waals surface area contributed by atoms with Crippen LogP contribution in [0.1, 0.15) is 16.1 Å². The number of aromatic nitrogens is 2. The van der Waals surface area contributed by atoms with Crippen molar-refractivity contribution >= 4 is 39.2 Å². The predicted molar refractivity (Wildman–Crippen MR) is 98.6 cm³/mol. The van der Waals surface area contributed by atoms with Crippen molar-refractivity contribution < 1.29 is 4.79 Å². The van der Waals surface area contributed by atoms with Crippen LogP contribution in [0.2, 0.25) is 0 Å². The summed E-state index contributed by atoms with van der Waals surface area (Å²) in [6.07, 6.45) is 1.50. The number of benzene rings is 2. The minimum absolute atomic E-state index is 0.230. The number of amides is 1. The summed E-state index contributed by atoms with van der Waals surface area (Å²) in [7, 11) is 0. The van der Waals surface area contributed by atoms with Gasteiger partial charge in [0.25, 0.3) is 5.91 Å². The van der Waals surface area contributed by atoms with Crippen molar-refractivity contribution in [2.45, 2.75) is 0 Å². The number of nitriles is 1. The standard InChI is InChI=1S/C18H12BrN5O/c19-13-4-2-6-15(10-13)22-17(25)16-7-8-21-18(24-16)23-14-5-1-3-12(9-14)11-20/h1-10H,(H,22,25)(H,21,23,24). The van der Waals surface area contributed by atoms with Crippen LogP contribution < -0.4 is 10.6 Å². The van der Waals surface area contributed by atoms with Gasteiger partial charge in [0.2, 0.25) is 5.95 Å². The SMILES string of the molecule is N#Cc1cccc(Nc2nccc(C(=O)Nc3cccc(Br)c3)n2)c1. The van der Waals surface area contributed by atoms with Crippen LogP contribution >= 0.6 is 15.9 Å². The number of nitrogens with one attached hydrogen (secondary N) is 2. The summed E-state index contributed by atoms with van der Waals surface area (Å²) in [5.41, 5.74) is 2.08. The minimum Gasteiger partial charge on any atom is -0.324 e. The number of hydrogen-bond donors (Lipinski definition) is 2. The van der Waals surface area contributed by atoms with E-state index in [-0.39, 0.29) is 17.5 Å². The highest BCUT2D eigenvalue weighted by molar-refractivity contribution is 9.10. The first-order chi connectivity index (χ1) is 12.1. The number of nitrogens with zero attached hydrogens (tertiary/aromatic N) is 3. The van der Waals surface area contributed by atoms with Crippen LogP contribution in [0.5, 0.6) is 0 Å². The van der Waals surface area contributed by atoms with Crippen LogP contribution in [0.3, 0.4) is 0 Å². The normalized spacial score (nSPS) is 9.92. The van der Waals surface area contributed by atoms with Gasteiger partial charge in [-0.15, -0.1) is 0 Å². The summed E-state index contributed by atoms with van der Waals surface area (Å²) in [5, 5.41) is 14.7. The number of rotatable bonds is 4. The molecule has 1 aromatic heterocycles. The van der Waals surface area contributed by atoms with Crippen LogP contribution in [0.15, 0.2) is 65.3 Å². The fourth-order valence-corrected chi connectivity index (χ4v) is 2.50. The van der Waals surface area contributed by atoms with Crippen LogP contribution in [-0.2, 0) is 0 Å². The summed E-state index contributed by atoms with van der Waals surface area (Å²) in [6, 6.07) is 17.8. The van der Waals surface area contributed by atoms with Crippen LogP contribution in [0.25, 0.3) is 0 Å². The van der Waals surface area contributed by atoms with Crippen molar-refractivity contribution in [3.8, 4) is 6.07 Å². The zero-order chi connectivity index (χ0) is 17.6. The van der Waals surface area contributed by atoms with E-state index in [9.17, 15) is 4.79 Å². The largest absolute Gasteiger partial charge is 0.324 e. The van der Waals surface area contributed by atoms with Gasteiger partial charge in [-0.05, 0) is 42.5 Å². The van der Waals surface area contributed by atoms with E-state index < -0.39 is 0 Å². The number of carbonyl (C=O) groups excluding carboxylic acids is 1. The molecule has 25 heavy (non-hydrogen) atoms. The van der Waals surface area contributed by atoms with Crippen molar-refractivity contribution in [2.75, 3.05) is 10.6 Å². The van der Waals surface area contributed by atoms with Crippen molar-refractivity contribution in [1.82, 2.24) is 9.97 Å². The number of halogens is 1. The molecule has 0 saturated carbocycles. The van der Waals surface area contributed by atoms with E-state index in [4.69, 9.17) is 5.26 Å². The Kier molecular flexibility index (Phi) is 5.02. The first kappa shape index (κ1) is 16.6. The van der Waals surface area contributed by atoms with E-state index in [1.165, 1.54) is 12.3 Å². The van der Waals surface area contributed by atoms with Crippen molar-refractivity contribution in [2.24, 2.45) is 0 Å². The Morgan fingerprint density at radius 1 is 1.08 bits per heavy atom. The fraction of sp³-hybridized carbons (Fsp3) is 0. The lowest BCUT2D eigenvalue weighted by molar-refractivity contribution is 0.102. The molecule has 7 heteroatoms. The van der Waals surface area contributed by atoms with Gasteiger partial charge < -0.3 is 10.6 Å². The topological polar surface area (TPSA) is 90.7 Å². The number of hydrogen-bond acceptors (Lipinski definition) is 5. The van der Waals surface area contributed by atoms with E-state index in [1.54, 1.807) is 36.4 Å². The Balaban J connectivity index is 1.76. The van der Waals surface area contributed by atoms with Gasteiger partial charge in [0.1, 0.15) is 5.69 Å². The van der Waals surface area contributed by atoms with Gasteiger partial charge in [0.15, 0.2) is 0 Å². The van der Waals surface area contributed by atoms with E-state index in [1.807, 2.05) is 12.1 Å². The first-order valence-electron chi connectivity index (χ1n) is 7.31. The summed E-state index contributed by atoms with van der Waals surface area (Å²) in [6.45, 7) is 0. The zero-order valence-corrected chi connectivity index (χ0v) is 14.5. The summed E-state index contributed by atoms with van der Waals surface area (Å²) in [5.74, 6) is -0.0636. The maximum atomic E-state index is 12.3. The van der Waals surface area contributed by atoms with E-state index in [0.717, 1.165) is 4.47 Å². The molecule has 0 aliphatic heterocycles. The second-order valence-electron chi connectivity index (χ2n) is 5.05. The van der Waals surface area contributed by atoms with Gasteiger partial charge in [-0.1, -0.05) is 28.1 Å². The third-order valence-electron chi connectivity index (χ3n) is 3.22. The second kappa shape index (κ2) is 7.55. The molecule has 2 N–H and O–H groups in total. The van der Waals surface area contributed by atoms with Gasteiger partial charge in [0, 0.05) is 22.0 Å².